The van der Waals surface area contributed by atoms with Crippen molar-refractivity contribution in [2.24, 2.45) is 0 Å². The number of para-hydroxylation sites is 3. The van der Waals surface area contributed by atoms with E-state index in [0.29, 0.717) is 11.8 Å². The molecule has 0 heterocycles. The maximum atomic E-state index is 6.09. The van der Waals surface area contributed by atoms with Gasteiger partial charge in [0, 0.05) is 17.1 Å². The quantitative estimate of drug-likeness (QED) is 0.357. The molecule has 3 rings (SSSR count). The summed E-state index contributed by atoms with van der Waals surface area (Å²) < 4.78 is 0. The summed E-state index contributed by atoms with van der Waals surface area (Å²) in [5.74, 6) is 1.03. The minimum absolute atomic E-state index is 0.513. The fraction of sp³-hybridized carbons (Fsp3) is 0.400. The lowest BCUT2D eigenvalue weighted by Gasteiger charge is -2.15. The van der Waals surface area contributed by atoms with Gasteiger partial charge in [-0.2, -0.15) is 0 Å². The van der Waals surface area contributed by atoms with Crippen LogP contribution in [-0.4, -0.2) is 0 Å². The molecule has 0 aliphatic heterocycles. The zero-order valence-corrected chi connectivity index (χ0v) is 22.0. The van der Waals surface area contributed by atoms with Gasteiger partial charge in [-0.15, -0.1) is 0 Å². The molecule has 3 heteroatoms. The molecule has 0 saturated carbocycles. The van der Waals surface area contributed by atoms with Crippen LogP contribution in [0.15, 0.2) is 54.6 Å². The first kappa shape index (κ1) is 28.1. The number of rotatable bonds is 4. The van der Waals surface area contributed by atoms with Crippen molar-refractivity contribution in [1.82, 2.24) is 0 Å². The predicted octanol–water partition coefficient (Wildman–Crippen LogP) is 7.79. The summed E-state index contributed by atoms with van der Waals surface area (Å²) in [6.45, 7) is 17.0. The Morgan fingerprint density at radius 1 is 0.545 bits per heavy atom. The standard InChI is InChI=1S/C12H19N.C10H15N.C8H11N/c1-8(2)10-6-5-7-11(9(3)4)12(10)13;1-3-8-6-5-7-9(4-2)10(8)11;1-6-4-3-5-7(2)8(6)9/h5-9H,13H2,1-4H3;5-7H,3-4,11H2,1-2H3;3-5H,9H2,1-2H3. The Kier molecular flexibility index (Phi) is 11.6. The third kappa shape index (κ3) is 8.16. The second kappa shape index (κ2) is 13.6. The summed E-state index contributed by atoms with van der Waals surface area (Å²) in [7, 11) is 0. The fourth-order valence-corrected chi connectivity index (χ4v) is 3.72. The van der Waals surface area contributed by atoms with Crippen LogP contribution in [0.25, 0.3) is 0 Å². The predicted molar refractivity (Wildman–Crippen MR) is 149 cm³/mol. The topological polar surface area (TPSA) is 78.1 Å². The molecule has 0 amide bonds. The van der Waals surface area contributed by atoms with Crippen LogP contribution in [0.2, 0.25) is 0 Å². The van der Waals surface area contributed by atoms with Crippen molar-refractivity contribution in [2.45, 2.75) is 80.1 Å². The number of benzene rings is 3. The Hall–Kier alpha value is -2.94. The van der Waals surface area contributed by atoms with Crippen molar-refractivity contribution in [1.29, 1.82) is 0 Å². The van der Waals surface area contributed by atoms with Crippen LogP contribution < -0.4 is 17.2 Å². The Morgan fingerprint density at radius 2 is 0.909 bits per heavy atom. The molecule has 0 spiro atoms. The molecule has 180 valence electrons. The molecule has 33 heavy (non-hydrogen) atoms. The van der Waals surface area contributed by atoms with Gasteiger partial charge in [-0.05, 0) is 71.9 Å². The van der Waals surface area contributed by atoms with E-state index in [2.05, 4.69) is 77.9 Å². The third-order valence-electron chi connectivity index (χ3n) is 6.01. The highest BCUT2D eigenvalue weighted by Crippen LogP contribution is 2.29. The minimum atomic E-state index is 0.513. The smallest absolute Gasteiger partial charge is 0.0384 e. The Bertz CT molecular complexity index is 935. The van der Waals surface area contributed by atoms with Gasteiger partial charge in [0.05, 0.1) is 0 Å². The van der Waals surface area contributed by atoms with Crippen molar-refractivity contribution < 1.29 is 0 Å². The van der Waals surface area contributed by atoms with E-state index in [-0.39, 0.29) is 0 Å². The number of nitrogens with two attached hydrogens (primary N) is 3. The summed E-state index contributed by atoms with van der Waals surface area (Å²) >= 11 is 0. The van der Waals surface area contributed by atoms with E-state index in [4.69, 9.17) is 17.2 Å². The average Bonchev–Trinajstić information content (AvgIpc) is 2.78. The van der Waals surface area contributed by atoms with Crippen LogP contribution in [0.5, 0.6) is 0 Å². The Labute approximate surface area is 202 Å². The molecular formula is C30H45N3. The molecule has 0 bridgehead atoms. The van der Waals surface area contributed by atoms with Gasteiger partial charge in [0.15, 0.2) is 0 Å². The van der Waals surface area contributed by atoms with E-state index >= 15 is 0 Å². The summed E-state index contributed by atoms with van der Waals surface area (Å²) in [6.07, 6.45) is 2.05. The Morgan fingerprint density at radius 3 is 1.24 bits per heavy atom. The van der Waals surface area contributed by atoms with Gasteiger partial charge in [0.1, 0.15) is 0 Å². The summed E-state index contributed by atoms with van der Waals surface area (Å²) in [6, 6.07) is 18.6. The molecule has 0 radical (unpaired) electrons. The maximum Gasteiger partial charge on any atom is 0.0384 e. The first-order chi connectivity index (χ1) is 15.5. The zero-order chi connectivity index (χ0) is 25.1. The van der Waals surface area contributed by atoms with Gasteiger partial charge in [0.2, 0.25) is 0 Å². The van der Waals surface area contributed by atoms with E-state index in [1.165, 1.54) is 22.3 Å². The largest absolute Gasteiger partial charge is 0.398 e. The molecule has 3 aromatic carbocycles. The lowest BCUT2D eigenvalue weighted by Crippen LogP contribution is -2.02. The van der Waals surface area contributed by atoms with Gasteiger partial charge in [-0.1, -0.05) is 96.1 Å². The van der Waals surface area contributed by atoms with Crippen LogP contribution in [-0.2, 0) is 12.8 Å². The van der Waals surface area contributed by atoms with Crippen molar-refractivity contribution in [3.8, 4) is 0 Å². The summed E-state index contributed by atoms with van der Waals surface area (Å²) in [5, 5.41) is 0. The first-order valence-electron chi connectivity index (χ1n) is 12.1. The van der Waals surface area contributed by atoms with Crippen molar-refractivity contribution in [3.63, 3.8) is 0 Å². The zero-order valence-electron chi connectivity index (χ0n) is 22.0. The van der Waals surface area contributed by atoms with E-state index in [0.717, 1.165) is 41.0 Å². The van der Waals surface area contributed by atoms with Crippen LogP contribution >= 0.6 is 0 Å². The average molecular weight is 448 g/mol. The molecule has 0 aliphatic carbocycles. The first-order valence-corrected chi connectivity index (χ1v) is 12.1. The second-order valence-corrected chi connectivity index (χ2v) is 9.16. The second-order valence-electron chi connectivity index (χ2n) is 9.16. The molecule has 0 unspecified atom stereocenters. The number of anilines is 3. The molecule has 0 saturated heterocycles. The number of hydrogen-bond donors (Lipinski definition) is 3. The Balaban J connectivity index is 0.000000252. The molecular weight excluding hydrogens is 402 g/mol. The highest BCUT2D eigenvalue weighted by molar-refractivity contribution is 5.56. The normalized spacial score (nSPS) is 10.4. The van der Waals surface area contributed by atoms with Gasteiger partial charge >= 0.3 is 0 Å². The SMILES string of the molecule is CC(C)c1cccc(C(C)C)c1N.CCc1cccc(CC)c1N.Cc1cccc(C)c1N. The van der Waals surface area contributed by atoms with Gasteiger partial charge < -0.3 is 17.2 Å². The highest BCUT2D eigenvalue weighted by Gasteiger charge is 2.09. The van der Waals surface area contributed by atoms with Crippen LogP contribution in [0.1, 0.15) is 86.8 Å². The molecule has 0 aromatic heterocycles. The lowest BCUT2D eigenvalue weighted by atomic mass is 9.93. The molecule has 3 nitrogen and oxygen atoms in total. The maximum absolute atomic E-state index is 6.09. The molecule has 3 aromatic rings. The third-order valence-corrected chi connectivity index (χ3v) is 6.01. The van der Waals surface area contributed by atoms with Gasteiger partial charge in [-0.3, -0.25) is 0 Å². The monoisotopic (exact) mass is 447 g/mol. The van der Waals surface area contributed by atoms with E-state index in [1.807, 2.05) is 32.0 Å². The summed E-state index contributed by atoms with van der Waals surface area (Å²) in [5.41, 5.74) is 27.9. The van der Waals surface area contributed by atoms with Crippen molar-refractivity contribution in [2.75, 3.05) is 17.2 Å². The van der Waals surface area contributed by atoms with Crippen molar-refractivity contribution >= 4 is 17.1 Å². The molecule has 6 N–H and O–H groups in total. The molecule has 0 aliphatic rings. The van der Waals surface area contributed by atoms with Crippen LogP contribution in [0.4, 0.5) is 17.1 Å². The van der Waals surface area contributed by atoms with E-state index in [9.17, 15) is 0 Å². The van der Waals surface area contributed by atoms with Gasteiger partial charge in [-0.25, -0.2) is 0 Å². The number of aryl methyl sites for hydroxylation is 4. The number of nitrogen functional groups attached to an aromatic ring is 3. The minimum Gasteiger partial charge on any atom is -0.398 e. The molecule has 0 fully saturated rings. The molecule has 0 atom stereocenters. The lowest BCUT2D eigenvalue weighted by molar-refractivity contribution is 0.840. The van der Waals surface area contributed by atoms with Crippen LogP contribution in [0.3, 0.4) is 0 Å². The highest BCUT2D eigenvalue weighted by atomic mass is 14.6. The summed E-state index contributed by atoms with van der Waals surface area (Å²) in [4.78, 5) is 0. The number of hydrogen-bond acceptors (Lipinski definition) is 3. The fourth-order valence-electron chi connectivity index (χ4n) is 3.72. The van der Waals surface area contributed by atoms with Crippen LogP contribution in [0, 0.1) is 13.8 Å². The van der Waals surface area contributed by atoms with E-state index < -0.39 is 0 Å². The van der Waals surface area contributed by atoms with Gasteiger partial charge in [0.25, 0.3) is 0 Å². The van der Waals surface area contributed by atoms with E-state index in [1.54, 1.807) is 0 Å². The van der Waals surface area contributed by atoms with Crippen molar-refractivity contribution in [3.05, 3.63) is 88.0 Å².